The topological polar surface area (TPSA) is 63.9 Å². The van der Waals surface area contributed by atoms with E-state index in [4.69, 9.17) is 26.1 Å². The molecular formula is C23H21BrN2O4S. The van der Waals surface area contributed by atoms with E-state index in [9.17, 15) is 4.79 Å². The largest absolute Gasteiger partial charge is 0.486 e. The van der Waals surface area contributed by atoms with Gasteiger partial charge in [-0.05, 0) is 65.8 Å². The van der Waals surface area contributed by atoms with Gasteiger partial charge in [0.1, 0.15) is 29.6 Å². The Kier molecular flexibility index (Phi) is 6.70. The minimum absolute atomic E-state index is 0.168. The zero-order chi connectivity index (χ0) is 21.8. The SMILES string of the molecule is COCCCN1C(=O)/C(=C\c2ccc(COc3ccc4cc(Br)ccc4c3)o2)NC1=S. The lowest BCUT2D eigenvalue weighted by Crippen LogP contribution is -2.32. The first kappa shape index (κ1) is 21.5. The molecule has 1 aliphatic heterocycles. The number of fused-ring (bicyclic) bond motifs is 1. The number of furan rings is 1. The van der Waals surface area contributed by atoms with Gasteiger partial charge < -0.3 is 19.2 Å². The van der Waals surface area contributed by atoms with Crippen LogP contribution in [0.3, 0.4) is 0 Å². The molecule has 0 radical (unpaired) electrons. The summed E-state index contributed by atoms with van der Waals surface area (Å²) in [7, 11) is 1.63. The molecule has 0 atom stereocenters. The first-order valence-corrected chi connectivity index (χ1v) is 11.0. The van der Waals surface area contributed by atoms with E-state index in [1.54, 1.807) is 19.3 Å². The molecule has 2 heterocycles. The normalized spacial score (nSPS) is 15.2. The van der Waals surface area contributed by atoms with Crippen molar-refractivity contribution in [1.82, 2.24) is 10.2 Å². The molecule has 0 unspecified atom stereocenters. The van der Waals surface area contributed by atoms with Gasteiger partial charge in [-0.2, -0.15) is 0 Å². The van der Waals surface area contributed by atoms with Gasteiger partial charge in [-0.15, -0.1) is 0 Å². The molecule has 31 heavy (non-hydrogen) atoms. The van der Waals surface area contributed by atoms with Crippen LogP contribution in [0.4, 0.5) is 0 Å². The molecule has 2 aromatic carbocycles. The summed E-state index contributed by atoms with van der Waals surface area (Å²) in [6.07, 6.45) is 2.37. The molecule has 1 aliphatic rings. The number of thiocarbonyl (C=S) groups is 1. The Labute approximate surface area is 193 Å². The summed E-state index contributed by atoms with van der Waals surface area (Å²) in [5.74, 6) is 1.81. The van der Waals surface area contributed by atoms with E-state index < -0.39 is 0 Å². The van der Waals surface area contributed by atoms with Crippen LogP contribution in [0.5, 0.6) is 5.75 Å². The van der Waals surface area contributed by atoms with Crippen molar-refractivity contribution in [2.45, 2.75) is 13.0 Å². The van der Waals surface area contributed by atoms with Crippen molar-refractivity contribution in [3.05, 3.63) is 70.2 Å². The Morgan fingerprint density at radius 3 is 2.81 bits per heavy atom. The number of hydrogen-bond acceptors (Lipinski definition) is 5. The predicted octanol–water partition coefficient (Wildman–Crippen LogP) is 4.87. The fourth-order valence-electron chi connectivity index (χ4n) is 3.27. The fraction of sp³-hybridized carbons (Fsp3) is 0.217. The van der Waals surface area contributed by atoms with E-state index in [0.29, 0.717) is 41.9 Å². The number of carbonyl (C=O) groups is 1. The Balaban J connectivity index is 1.39. The maximum atomic E-state index is 12.6. The van der Waals surface area contributed by atoms with Gasteiger partial charge in [0.25, 0.3) is 5.91 Å². The Hall–Kier alpha value is -2.68. The van der Waals surface area contributed by atoms with Crippen molar-refractivity contribution in [2.75, 3.05) is 20.3 Å². The lowest BCUT2D eigenvalue weighted by Gasteiger charge is -2.12. The first-order valence-electron chi connectivity index (χ1n) is 9.78. The van der Waals surface area contributed by atoms with Gasteiger partial charge in [-0.3, -0.25) is 9.69 Å². The van der Waals surface area contributed by atoms with Crippen LogP contribution in [0.2, 0.25) is 0 Å². The highest BCUT2D eigenvalue weighted by Crippen LogP contribution is 2.25. The quantitative estimate of drug-likeness (QED) is 0.270. The molecule has 0 spiro atoms. The first-order chi connectivity index (χ1) is 15.0. The highest BCUT2D eigenvalue weighted by molar-refractivity contribution is 9.10. The Morgan fingerprint density at radius 2 is 1.97 bits per heavy atom. The molecule has 0 aliphatic carbocycles. The maximum Gasteiger partial charge on any atom is 0.276 e. The second-order valence-corrected chi connectivity index (χ2v) is 8.34. The number of ether oxygens (including phenoxy) is 2. The van der Waals surface area contributed by atoms with Gasteiger partial charge in [0.05, 0.1) is 0 Å². The van der Waals surface area contributed by atoms with Crippen molar-refractivity contribution < 1.29 is 18.7 Å². The van der Waals surface area contributed by atoms with Crippen LogP contribution in [0, 0.1) is 0 Å². The number of methoxy groups -OCH3 is 1. The number of nitrogens with zero attached hydrogens (tertiary/aromatic N) is 1. The molecule has 0 bridgehead atoms. The van der Waals surface area contributed by atoms with Crippen LogP contribution in [0.1, 0.15) is 17.9 Å². The minimum atomic E-state index is -0.168. The molecule has 1 amide bonds. The Morgan fingerprint density at radius 1 is 1.16 bits per heavy atom. The van der Waals surface area contributed by atoms with Crippen LogP contribution >= 0.6 is 28.1 Å². The molecule has 160 valence electrons. The van der Waals surface area contributed by atoms with Gasteiger partial charge in [-0.25, -0.2) is 0 Å². The van der Waals surface area contributed by atoms with Gasteiger partial charge >= 0.3 is 0 Å². The lowest BCUT2D eigenvalue weighted by molar-refractivity contribution is -0.122. The second kappa shape index (κ2) is 9.64. The molecule has 1 N–H and O–H groups in total. The molecule has 4 rings (SSSR count). The fourth-order valence-corrected chi connectivity index (χ4v) is 3.94. The zero-order valence-corrected chi connectivity index (χ0v) is 19.3. The average Bonchev–Trinajstić information content (AvgIpc) is 3.31. The van der Waals surface area contributed by atoms with E-state index >= 15 is 0 Å². The molecule has 1 saturated heterocycles. The van der Waals surface area contributed by atoms with Crippen LogP contribution < -0.4 is 10.1 Å². The van der Waals surface area contributed by atoms with Gasteiger partial charge in [0.15, 0.2) is 5.11 Å². The third-order valence-corrected chi connectivity index (χ3v) is 5.63. The van der Waals surface area contributed by atoms with Crippen molar-refractivity contribution >= 4 is 56.0 Å². The van der Waals surface area contributed by atoms with Gasteiger partial charge in [0, 0.05) is 30.8 Å². The third-order valence-electron chi connectivity index (χ3n) is 4.82. The monoisotopic (exact) mass is 500 g/mol. The average molecular weight is 501 g/mol. The van der Waals surface area contributed by atoms with E-state index in [2.05, 4.69) is 27.3 Å². The third kappa shape index (κ3) is 5.15. The van der Waals surface area contributed by atoms with E-state index in [1.165, 1.54) is 4.90 Å². The van der Waals surface area contributed by atoms with Crippen LogP contribution in [0.15, 0.2) is 63.1 Å². The molecule has 1 fully saturated rings. The predicted molar refractivity (Wildman–Crippen MR) is 127 cm³/mol. The van der Waals surface area contributed by atoms with Crippen LogP contribution in [-0.4, -0.2) is 36.2 Å². The van der Waals surface area contributed by atoms with E-state index in [0.717, 1.165) is 21.0 Å². The van der Waals surface area contributed by atoms with Crippen LogP contribution in [-0.2, 0) is 16.1 Å². The van der Waals surface area contributed by atoms with Crippen molar-refractivity contribution in [3.63, 3.8) is 0 Å². The van der Waals surface area contributed by atoms with Crippen molar-refractivity contribution in [1.29, 1.82) is 0 Å². The lowest BCUT2D eigenvalue weighted by atomic mass is 10.1. The summed E-state index contributed by atoms with van der Waals surface area (Å²) in [5.41, 5.74) is 0.393. The highest BCUT2D eigenvalue weighted by Gasteiger charge is 2.30. The number of nitrogens with one attached hydrogen (secondary N) is 1. The Bertz CT molecular complexity index is 1160. The standard InChI is InChI=1S/C23H21BrN2O4S/c1-28-10-2-9-26-22(27)21(25-23(26)31)13-19-7-8-20(30-19)14-29-18-6-4-15-11-17(24)5-3-16(15)12-18/h3-8,11-13H,2,9-10,14H2,1H3,(H,25,31)/b21-13+. The molecule has 6 nitrogen and oxygen atoms in total. The van der Waals surface area contributed by atoms with Crippen LogP contribution in [0.25, 0.3) is 16.8 Å². The maximum absolute atomic E-state index is 12.6. The summed E-state index contributed by atoms with van der Waals surface area (Å²) in [6.45, 7) is 1.37. The molecular weight excluding hydrogens is 480 g/mol. The number of rotatable bonds is 8. The van der Waals surface area contributed by atoms with Crippen molar-refractivity contribution in [3.8, 4) is 5.75 Å². The number of halogens is 1. The van der Waals surface area contributed by atoms with Gasteiger partial charge in [-0.1, -0.05) is 28.1 Å². The zero-order valence-electron chi connectivity index (χ0n) is 16.9. The summed E-state index contributed by atoms with van der Waals surface area (Å²) in [6, 6.07) is 15.7. The summed E-state index contributed by atoms with van der Waals surface area (Å²) in [5, 5.41) is 5.58. The van der Waals surface area contributed by atoms with E-state index in [1.807, 2.05) is 36.4 Å². The van der Waals surface area contributed by atoms with E-state index in [-0.39, 0.29) is 12.5 Å². The van der Waals surface area contributed by atoms with Gasteiger partial charge in [0.2, 0.25) is 0 Å². The molecule has 3 aromatic rings. The number of amides is 1. The number of carbonyl (C=O) groups excluding carboxylic acids is 1. The number of benzene rings is 2. The minimum Gasteiger partial charge on any atom is -0.486 e. The highest BCUT2D eigenvalue weighted by atomic mass is 79.9. The summed E-state index contributed by atoms with van der Waals surface area (Å²) >= 11 is 8.74. The summed E-state index contributed by atoms with van der Waals surface area (Å²) < 4.78 is 17.8. The van der Waals surface area contributed by atoms with Crippen molar-refractivity contribution in [2.24, 2.45) is 0 Å². The number of hydrogen-bond donors (Lipinski definition) is 1. The molecule has 1 aromatic heterocycles. The summed E-state index contributed by atoms with van der Waals surface area (Å²) in [4.78, 5) is 14.1. The smallest absolute Gasteiger partial charge is 0.276 e. The molecule has 0 saturated carbocycles. The molecule has 8 heteroatoms. The second-order valence-electron chi connectivity index (χ2n) is 7.04.